The van der Waals surface area contributed by atoms with Gasteiger partial charge < -0.3 is 19.5 Å². The van der Waals surface area contributed by atoms with Crippen LogP contribution in [-0.4, -0.2) is 38.8 Å². The molecule has 3 fully saturated rings. The van der Waals surface area contributed by atoms with Crippen LogP contribution in [-0.2, 0) is 4.74 Å². The Morgan fingerprint density at radius 2 is 1.97 bits per heavy atom. The van der Waals surface area contributed by atoms with Gasteiger partial charge in [0, 0.05) is 36.8 Å². The fraction of sp³-hybridized carbons (Fsp3) is 0.600. The number of nitrogens with zero attached hydrogens (tertiary/aromatic N) is 3. The maximum Gasteiger partial charge on any atom is 0.170 e. The lowest BCUT2D eigenvalue weighted by atomic mass is 9.94. The van der Waals surface area contributed by atoms with Crippen LogP contribution in [0, 0.1) is 13.8 Å². The minimum absolute atomic E-state index is 0.0513. The van der Waals surface area contributed by atoms with E-state index < -0.39 is 0 Å². The van der Waals surface area contributed by atoms with Crippen LogP contribution < -0.4 is 5.32 Å². The van der Waals surface area contributed by atoms with E-state index in [2.05, 4.69) is 46.8 Å². The average molecular weight is 439 g/mol. The van der Waals surface area contributed by atoms with E-state index in [1.165, 1.54) is 49.1 Å². The molecule has 1 N–H and O–H groups in total. The second-order valence-electron chi connectivity index (χ2n) is 9.40. The van der Waals surface area contributed by atoms with Crippen LogP contribution in [0.15, 0.2) is 30.5 Å². The first kappa shape index (κ1) is 21.0. The van der Waals surface area contributed by atoms with E-state index in [0.717, 1.165) is 36.8 Å². The number of aryl methyl sites for hydroxylation is 1. The number of ether oxygens (including phenoxy) is 1. The zero-order valence-corrected chi connectivity index (χ0v) is 19.5. The zero-order chi connectivity index (χ0) is 21.4. The number of hydrogen-bond acceptors (Lipinski definition) is 3. The number of nitrogens with one attached hydrogen (secondary N) is 1. The molecule has 3 aliphatic rings. The third-order valence-electron chi connectivity index (χ3n) is 7.40. The van der Waals surface area contributed by atoms with Gasteiger partial charge in [0.25, 0.3) is 0 Å². The molecular weight excluding hydrogens is 404 g/mol. The van der Waals surface area contributed by atoms with Crippen molar-refractivity contribution in [2.45, 2.75) is 83.0 Å². The van der Waals surface area contributed by atoms with Gasteiger partial charge in [0.15, 0.2) is 5.11 Å². The molecule has 0 amide bonds. The van der Waals surface area contributed by atoms with Crippen LogP contribution in [0.2, 0.25) is 0 Å². The highest BCUT2D eigenvalue weighted by molar-refractivity contribution is 7.80. The summed E-state index contributed by atoms with van der Waals surface area (Å²) < 4.78 is 8.60. The topological polar surface area (TPSA) is 42.3 Å². The van der Waals surface area contributed by atoms with Gasteiger partial charge in [0.05, 0.1) is 23.9 Å². The fourth-order valence-corrected chi connectivity index (χ4v) is 6.27. The molecule has 0 unspecified atom stereocenters. The average Bonchev–Trinajstić information content (AvgIpc) is 3.49. The molecule has 6 heteroatoms. The Bertz CT molecular complexity index is 915. The molecule has 2 aromatic heterocycles. The van der Waals surface area contributed by atoms with E-state index in [4.69, 9.17) is 21.9 Å². The van der Waals surface area contributed by atoms with Crippen molar-refractivity contribution in [3.8, 4) is 0 Å². The predicted octanol–water partition coefficient (Wildman–Crippen LogP) is 5.16. The second kappa shape index (κ2) is 8.91. The van der Waals surface area contributed by atoms with Gasteiger partial charge in [0.2, 0.25) is 0 Å². The van der Waals surface area contributed by atoms with Gasteiger partial charge in [-0.05, 0) is 75.5 Å². The van der Waals surface area contributed by atoms with Crippen LogP contribution in [0.3, 0.4) is 0 Å². The van der Waals surface area contributed by atoms with Crippen LogP contribution in [0.4, 0.5) is 0 Å². The maximum absolute atomic E-state index is 5.99. The SMILES string of the molecule is Cc1cc([C@@H]2[C@@H](c3ccccn3)NC(=S)N2C[C@H]2CCCO2)c(C)n1C1CCCCC1. The Kier molecular flexibility index (Phi) is 6.02. The van der Waals surface area contributed by atoms with Crippen molar-refractivity contribution >= 4 is 17.3 Å². The minimum atomic E-state index is 0.0513. The van der Waals surface area contributed by atoms with E-state index in [9.17, 15) is 0 Å². The fourth-order valence-electron chi connectivity index (χ4n) is 5.95. The summed E-state index contributed by atoms with van der Waals surface area (Å²) in [5, 5.41) is 4.43. The summed E-state index contributed by atoms with van der Waals surface area (Å²) in [6.07, 6.45) is 11.0. The van der Waals surface area contributed by atoms with Crippen molar-refractivity contribution in [3.63, 3.8) is 0 Å². The quantitative estimate of drug-likeness (QED) is 0.654. The van der Waals surface area contributed by atoms with Gasteiger partial charge in [-0.15, -0.1) is 0 Å². The molecule has 0 spiro atoms. The molecule has 5 rings (SSSR count). The largest absolute Gasteiger partial charge is 0.376 e. The second-order valence-corrected chi connectivity index (χ2v) is 9.79. The van der Waals surface area contributed by atoms with E-state index in [1.54, 1.807) is 0 Å². The smallest absolute Gasteiger partial charge is 0.170 e. The highest BCUT2D eigenvalue weighted by atomic mass is 32.1. The summed E-state index contributed by atoms with van der Waals surface area (Å²) in [5.41, 5.74) is 5.18. The van der Waals surface area contributed by atoms with Crippen molar-refractivity contribution in [3.05, 3.63) is 53.1 Å². The normalized spacial score (nSPS) is 27.1. The van der Waals surface area contributed by atoms with Crippen molar-refractivity contribution < 1.29 is 4.74 Å². The lowest BCUT2D eigenvalue weighted by Gasteiger charge is -2.31. The first-order valence-electron chi connectivity index (χ1n) is 11.9. The zero-order valence-electron chi connectivity index (χ0n) is 18.7. The number of aromatic nitrogens is 2. The first-order chi connectivity index (χ1) is 15.1. The van der Waals surface area contributed by atoms with Crippen LogP contribution in [0.5, 0.6) is 0 Å². The summed E-state index contributed by atoms with van der Waals surface area (Å²) in [5.74, 6) is 0. The molecule has 5 nitrogen and oxygen atoms in total. The van der Waals surface area contributed by atoms with Gasteiger partial charge >= 0.3 is 0 Å². The van der Waals surface area contributed by atoms with E-state index in [0.29, 0.717) is 6.04 Å². The predicted molar refractivity (Wildman–Crippen MR) is 127 cm³/mol. The summed E-state index contributed by atoms with van der Waals surface area (Å²) in [7, 11) is 0. The molecule has 31 heavy (non-hydrogen) atoms. The molecule has 1 aliphatic carbocycles. The van der Waals surface area contributed by atoms with Gasteiger partial charge in [-0.3, -0.25) is 4.98 Å². The van der Waals surface area contributed by atoms with E-state index >= 15 is 0 Å². The molecular formula is C25H34N4OS. The lowest BCUT2D eigenvalue weighted by molar-refractivity contribution is 0.0841. The molecule has 2 aromatic rings. The first-order valence-corrected chi connectivity index (χ1v) is 12.3. The number of pyridine rings is 1. The number of rotatable bonds is 5. The van der Waals surface area contributed by atoms with Crippen molar-refractivity contribution in [1.29, 1.82) is 0 Å². The number of thiocarbonyl (C=S) groups is 1. The summed E-state index contributed by atoms with van der Waals surface area (Å²) in [6.45, 7) is 6.28. The number of hydrogen-bond donors (Lipinski definition) is 1. The minimum Gasteiger partial charge on any atom is -0.376 e. The summed E-state index contributed by atoms with van der Waals surface area (Å²) in [6, 6.07) is 9.38. The Hall–Kier alpha value is -1.92. The monoisotopic (exact) mass is 438 g/mol. The summed E-state index contributed by atoms with van der Waals surface area (Å²) in [4.78, 5) is 7.07. The van der Waals surface area contributed by atoms with Gasteiger partial charge in [-0.1, -0.05) is 25.3 Å². The molecule has 1 saturated carbocycles. The van der Waals surface area contributed by atoms with Crippen molar-refractivity contribution in [1.82, 2.24) is 19.8 Å². The van der Waals surface area contributed by atoms with Crippen molar-refractivity contribution in [2.24, 2.45) is 0 Å². The highest BCUT2D eigenvalue weighted by Gasteiger charge is 2.42. The Morgan fingerprint density at radius 1 is 1.13 bits per heavy atom. The maximum atomic E-state index is 5.99. The molecule has 0 bridgehead atoms. The molecule has 0 radical (unpaired) electrons. The Labute approximate surface area is 191 Å². The van der Waals surface area contributed by atoms with Gasteiger partial charge in [-0.2, -0.15) is 0 Å². The highest BCUT2D eigenvalue weighted by Crippen LogP contribution is 2.43. The van der Waals surface area contributed by atoms with Crippen LogP contribution >= 0.6 is 12.2 Å². The van der Waals surface area contributed by atoms with Crippen molar-refractivity contribution in [2.75, 3.05) is 13.2 Å². The third-order valence-corrected chi connectivity index (χ3v) is 7.76. The van der Waals surface area contributed by atoms with Gasteiger partial charge in [-0.25, -0.2) is 0 Å². The molecule has 3 atom stereocenters. The molecule has 166 valence electrons. The lowest BCUT2D eigenvalue weighted by Crippen LogP contribution is -2.36. The molecule has 2 aliphatic heterocycles. The standard InChI is InChI=1S/C25H34N4OS/c1-17-15-21(18(2)29(17)19-9-4-3-5-10-19)24-23(22-12-6-7-13-26-22)27-25(31)28(24)16-20-11-8-14-30-20/h6-7,12-13,15,19-20,23-24H,3-5,8-11,14,16H2,1-2H3,(H,27,31)/t20-,23-,24-/m1/s1. The molecule has 2 saturated heterocycles. The van der Waals surface area contributed by atoms with Gasteiger partial charge in [0.1, 0.15) is 0 Å². The van der Waals surface area contributed by atoms with Crippen LogP contribution in [0.1, 0.15) is 85.7 Å². The Balaban J connectivity index is 1.54. The molecule has 4 heterocycles. The third kappa shape index (κ3) is 4.00. The summed E-state index contributed by atoms with van der Waals surface area (Å²) >= 11 is 5.86. The van der Waals surface area contributed by atoms with E-state index in [-0.39, 0.29) is 18.2 Å². The van der Waals surface area contributed by atoms with E-state index in [1.807, 2.05) is 12.3 Å². The van der Waals surface area contributed by atoms with Crippen LogP contribution in [0.25, 0.3) is 0 Å². The molecule has 0 aromatic carbocycles. The Morgan fingerprint density at radius 3 is 2.68 bits per heavy atom.